The Hall–Kier alpha value is -2.87. The number of halogens is 2. The first kappa shape index (κ1) is 25.2. The van der Waals surface area contributed by atoms with Crippen LogP contribution in [0.1, 0.15) is 39.5 Å². The molecule has 9 heteroatoms. The number of allylic oxidation sites excluding steroid dienone is 1. The maximum Gasteiger partial charge on any atom is 0.243 e. The molecule has 1 amide bonds. The number of nitrogens with one attached hydrogen (secondary N) is 3. The van der Waals surface area contributed by atoms with Crippen molar-refractivity contribution in [1.82, 2.24) is 15.6 Å². The Labute approximate surface area is 211 Å². The number of hydrogen-bond acceptors (Lipinski definition) is 5. The molecule has 1 saturated carbocycles. The average molecular weight is 501 g/mol. The molecule has 1 aliphatic carbocycles. The number of anilines is 1. The first-order valence-corrected chi connectivity index (χ1v) is 12.6. The zero-order chi connectivity index (χ0) is 25.1. The molecule has 1 aromatic rings. The summed E-state index contributed by atoms with van der Waals surface area (Å²) in [6, 6.07) is 3.82. The van der Waals surface area contributed by atoms with E-state index in [1.165, 1.54) is 12.1 Å². The third-order valence-corrected chi connectivity index (χ3v) is 7.24. The maximum absolute atomic E-state index is 13.9. The number of piperidine rings is 1. The molecule has 0 spiro atoms. The highest BCUT2D eigenvalue weighted by molar-refractivity contribution is 6.30. The van der Waals surface area contributed by atoms with Gasteiger partial charge in [0.2, 0.25) is 5.91 Å². The lowest BCUT2D eigenvalue weighted by molar-refractivity contribution is -0.123. The van der Waals surface area contributed by atoms with Gasteiger partial charge >= 0.3 is 0 Å². The topological polar surface area (TPSA) is 81.1 Å². The number of likely N-dealkylation sites (tertiary alicyclic amines) is 1. The minimum absolute atomic E-state index is 0.0380. The van der Waals surface area contributed by atoms with Crippen LogP contribution in [0, 0.1) is 17.7 Å². The van der Waals surface area contributed by atoms with E-state index in [9.17, 15) is 9.18 Å². The Morgan fingerprint density at radius 2 is 2.14 bits per heavy atom. The van der Waals surface area contributed by atoms with E-state index < -0.39 is 11.9 Å². The van der Waals surface area contributed by atoms with E-state index >= 15 is 0 Å². The van der Waals surface area contributed by atoms with Gasteiger partial charge in [0, 0.05) is 36.9 Å². The van der Waals surface area contributed by atoms with E-state index in [0.717, 1.165) is 54.9 Å². The van der Waals surface area contributed by atoms with Crippen LogP contribution in [0.5, 0.6) is 0 Å². The standard InChI is InChI=1S/C26H34ClFN6O/c1-5-15(2)24(21-13-30-33-25(21)29-4)34-9-8-16(3)22(14-34)32-26(35)23(17-6-7-17)31-20-11-18(27)10-19(28)12-20/h10-13,16-17,22-23,31H,2,5-9,14H2,1,3-4H3,(H,29,33)(H,32,35)/b24-21-. The largest absolute Gasteiger partial charge is 0.373 e. The van der Waals surface area contributed by atoms with Crippen molar-refractivity contribution in [3.8, 4) is 0 Å². The van der Waals surface area contributed by atoms with Crippen LogP contribution < -0.4 is 16.1 Å². The Morgan fingerprint density at radius 3 is 2.80 bits per heavy atom. The van der Waals surface area contributed by atoms with Crippen molar-refractivity contribution in [2.24, 2.45) is 21.9 Å². The van der Waals surface area contributed by atoms with E-state index in [1.54, 1.807) is 19.3 Å². The first-order chi connectivity index (χ1) is 16.8. The Balaban J connectivity index is 1.52. The Morgan fingerprint density at radius 1 is 1.37 bits per heavy atom. The number of rotatable bonds is 8. The van der Waals surface area contributed by atoms with Gasteiger partial charge < -0.3 is 15.5 Å². The van der Waals surface area contributed by atoms with E-state index in [0.29, 0.717) is 23.2 Å². The van der Waals surface area contributed by atoms with Crippen LogP contribution in [0.3, 0.4) is 0 Å². The number of nitrogens with zero attached hydrogens (tertiary/aromatic N) is 3. The molecule has 3 aliphatic rings. The number of aliphatic imine (C=N–C) groups is 1. The predicted molar refractivity (Wildman–Crippen MR) is 140 cm³/mol. The molecule has 0 bridgehead atoms. The van der Waals surface area contributed by atoms with Crippen molar-refractivity contribution < 1.29 is 9.18 Å². The highest BCUT2D eigenvalue weighted by Crippen LogP contribution is 2.35. The van der Waals surface area contributed by atoms with Crippen LogP contribution in [0.15, 0.2) is 51.7 Å². The van der Waals surface area contributed by atoms with Gasteiger partial charge in [-0.25, -0.2) is 4.39 Å². The van der Waals surface area contributed by atoms with Gasteiger partial charge in [-0.05, 0) is 61.3 Å². The van der Waals surface area contributed by atoms with Gasteiger partial charge in [-0.1, -0.05) is 32.0 Å². The van der Waals surface area contributed by atoms with Crippen LogP contribution in [0.25, 0.3) is 0 Å². The van der Waals surface area contributed by atoms with E-state index in [1.807, 2.05) is 0 Å². The summed E-state index contributed by atoms with van der Waals surface area (Å²) in [5.74, 6) is 0.780. The van der Waals surface area contributed by atoms with Crippen LogP contribution in [-0.4, -0.2) is 55.1 Å². The smallest absolute Gasteiger partial charge is 0.243 e. The molecule has 2 fully saturated rings. The van der Waals surface area contributed by atoms with Crippen molar-refractivity contribution in [2.45, 2.75) is 51.6 Å². The molecule has 3 atom stereocenters. The summed E-state index contributed by atoms with van der Waals surface area (Å²) >= 11 is 6.02. The molecular weight excluding hydrogens is 467 g/mol. The van der Waals surface area contributed by atoms with E-state index in [4.69, 9.17) is 11.6 Å². The SMILES string of the molecule is C=C(CC)/C(=C1\C=NNC1=NC)N1CCC(C)C(NC(=O)C(Nc2cc(F)cc(Cl)c2)C2CC2)C1. The van der Waals surface area contributed by atoms with Crippen molar-refractivity contribution in [1.29, 1.82) is 0 Å². The highest BCUT2D eigenvalue weighted by atomic mass is 35.5. The lowest BCUT2D eigenvalue weighted by atomic mass is 9.91. The fourth-order valence-corrected chi connectivity index (χ4v) is 4.97. The predicted octanol–water partition coefficient (Wildman–Crippen LogP) is 4.33. The third-order valence-electron chi connectivity index (χ3n) is 7.02. The molecule has 0 radical (unpaired) electrons. The molecule has 3 N–H and O–H groups in total. The number of amides is 1. The highest BCUT2D eigenvalue weighted by Gasteiger charge is 2.39. The molecule has 1 aromatic carbocycles. The average Bonchev–Trinajstić information content (AvgIpc) is 3.56. The van der Waals surface area contributed by atoms with Gasteiger partial charge in [0.25, 0.3) is 0 Å². The molecule has 2 aliphatic heterocycles. The summed E-state index contributed by atoms with van der Waals surface area (Å²) < 4.78 is 13.9. The molecule has 3 unspecified atom stereocenters. The monoisotopic (exact) mass is 500 g/mol. The molecule has 7 nitrogen and oxygen atoms in total. The fourth-order valence-electron chi connectivity index (χ4n) is 4.75. The second kappa shape index (κ2) is 10.8. The Bertz CT molecular complexity index is 1060. The summed E-state index contributed by atoms with van der Waals surface area (Å²) in [6.07, 6.45) is 5.47. The summed E-state index contributed by atoms with van der Waals surface area (Å²) in [5.41, 5.74) is 6.44. The van der Waals surface area contributed by atoms with Crippen molar-refractivity contribution in [3.63, 3.8) is 0 Å². The lowest BCUT2D eigenvalue weighted by Crippen LogP contribution is -2.55. The van der Waals surface area contributed by atoms with Gasteiger partial charge in [0.1, 0.15) is 11.9 Å². The first-order valence-electron chi connectivity index (χ1n) is 12.3. The summed E-state index contributed by atoms with van der Waals surface area (Å²) in [6.45, 7) is 10.1. The maximum atomic E-state index is 13.9. The van der Waals surface area contributed by atoms with Gasteiger partial charge in [-0.2, -0.15) is 5.10 Å². The number of hydrogen-bond donors (Lipinski definition) is 3. The molecular formula is C26H34ClFN6O. The van der Waals surface area contributed by atoms with Gasteiger partial charge in [0.05, 0.1) is 17.5 Å². The Kier molecular flexibility index (Phi) is 7.79. The molecule has 1 saturated heterocycles. The summed E-state index contributed by atoms with van der Waals surface area (Å²) in [7, 11) is 1.74. The molecule has 4 rings (SSSR count). The van der Waals surface area contributed by atoms with Gasteiger partial charge in [0.15, 0.2) is 5.84 Å². The zero-order valence-corrected chi connectivity index (χ0v) is 21.3. The second-order valence-corrected chi connectivity index (χ2v) is 10.0. The molecule has 35 heavy (non-hydrogen) atoms. The van der Waals surface area contributed by atoms with E-state index in [-0.39, 0.29) is 17.9 Å². The van der Waals surface area contributed by atoms with Gasteiger partial charge in [-0.3, -0.25) is 15.2 Å². The fraction of sp³-hybridized carbons (Fsp3) is 0.500. The minimum Gasteiger partial charge on any atom is -0.373 e. The third kappa shape index (κ3) is 5.86. The summed E-state index contributed by atoms with van der Waals surface area (Å²) in [4.78, 5) is 20.1. The number of carbonyl (C=O) groups excluding carboxylic acids is 1. The van der Waals surface area contributed by atoms with Crippen LogP contribution >= 0.6 is 11.6 Å². The number of carbonyl (C=O) groups is 1. The van der Waals surface area contributed by atoms with Crippen LogP contribution in [-0.2, 0) is 4.79 Å². The van der Waals surface area contributed by atoms with Gasteiger partial charge in [-0.15, -0.1) is 0 Å². The normalized spacial score (nSPS) is 25.3. The van der Waals surface area contributed by atoms with Crippen LogP contribution in [0.4, 0.5) is 10.1 Å². The molecule has 0 aromatic heterocycles. The lowest BCUT2D eigenvalue weighted by Gasteiger charge is -2.41. The quantitative estimate of drug-likeness (QED) is 0.496. The molecule has 188 valence electrons. The van der Waals surface area contributed by atoms with Crippen molar-refractivity contribution in [3.05, 3.63) is 52.5 Å². The number of hydrazone groups is 1. The second-order valence-electron chi connectivity index (χ2n) is 9.61. The minimum atomic E-state index is -0.428. The summed E-state index contributed by atoms with van der Waals surface area (Å²) in [5, 5.41) is 11.0. The van der Waals surface area contributed by atoms with Crippen molar-refractivity contribution in [2.75, 3.05) is 25.5 Å². The number of amidine groups is 1. The van der Waals surface area contributed by atoms with Crippen LogP contribution in [0.2, 0.25) is 5.02 Å². The van der Waals surface area contributed by atoms with Crippen molar-refractivity contribution >= 4 is 35.2 Å². The number of benzene rings is 1. The van der Waals surface area contributed by atoms with E-state index in [2.05, 4.69) is 51.5 Å². The molecule has 2 heterocycles. The zero-order valence-electron chi connectivity index (χ0n) is 20.6.